The Hall–Kier alpha value is -1.48. The molecule has 3 aliphatic heterocycles. The first-order chi connectivity index (χ1) is 14.4. The zero-order chi connectivity index (χ0) is 21.1. The van der Waals surface area contributed by atoms with Crippen LogP contribution in [0.1, 0.15) is 49.4 Å². The molecule has 0 spiro atoms. The van der Waals surface area contributed by atoms with Gasteiger partial charge in [-0.05, 0) is 56.9 Å². The van der Waals surface area contributed by atoms with Crippen LogP contribution < -0.4 is 0 Å². The summed E-state index contributed by atoms with van der Waals surface area (Å²) in [5.41, 5.74) is 0.549. The van der Waals surface area contributed by atoms with Crippen LogP contribution in [-0.4, -0.2) is 86.5 Å². The highest BCUT2D eigenvalue weighted by Crippen LogP contribution is 2.25. The monoisotopic (exact) mass is 435 g/mol. The van der Waals surface area contributed by atoms with Crippen molar-refractivity contribution in [1.29, 1.82) is 0 Å². The molecule has 7 nitrogen and oxygen atoms in total. The molecule has 0 radical (unpaired) electrons. The van der Waals surface area contributed by atoms with Gasteiger partial charge >= 0.3 is 0 Å². The summed E-state index contributed by atoms with van der Waals surface area (Å²) < 4.78 is 33.3. The second kappa shape index (κ2) is 9.34. The molecule has 0 N–H and O–H groups in total. The van der Waals surface area contributed by atoms with Crippen molar-refractivity contribution in [2.24, 2.45) is 0 Å². The lowest BCUT2D eigenvalue weighted by Crippen LogP contribution is -2.50. The minimum atomic E-state index is -3.51. The highest BCUT2D eigenvalue weighted by Gasteiger charge is 2.31. The highest BCUT2D eigenvalue weighted by atomic mass is 32.2. The molecule has 0 bridgehead atoms. The SMILES string of the molecule is CC1CCCCN1S(=O)(=O)c1ccc(C(=O)N2CCN(CC3CCCO3)CC2)cc1. The van der Waals surface area contributed by atoms with E-state index in [1.165, 1.54) is 0 Å². The number of ether oxygens (including phenoxy) is 1. The Morgan fingerprint density at radius 2 is 1.73 bits per heavy atom. The third-order valence-corrected chi connectivity index (χ3v) is 8.62. The summed E-state index contributed by atoms with van der Waals surface area (Å²) in [6, 6.07) is 6.50. The van der Waals surface area contributed by atoms with Crippen molar-refractivity contribution >= 4 is 15.9 Å². The Bertz CT molecular complexity index is 828. The topological polar surface area (TPSA) is 70.2 Å². The van der Waals surface area contributed by atoms with Crippen LogP contribution in [0.15, 0.2) is 29.2 Å². The summed E-state index contributed by atoms with van der Waals surface area (Å²) in [6.45, 7) is 7.44. The molecule has 4 rings (SSSR count). The number of benzene rings is 1. The number of amides is 1. The molecule has 8 heteroatoms. The number of rotatable bonds is 5. The molecule has 166 valence electrons. The van der Waals surface area contributed by atoms with Gasteiger partial charge in [0.25, 0.3) is 5.91 Å². The summed E-state index contributed by atoms with van der Waals surface area (Å²) in [6.07, 6.45) is 5.48. The molecule has 0 aromatic heterocycles. The third kappa shape index (κ3) is 4.72. The van der Waals surface area contributed by atoms with Gasteiger partial charge in [-0.3, -0.25) is 9.69 Å². The molecule has 1 aromatic rings. The van der Waals surface area contributed by atoms with Crippen LogP contribution in [0.4, 0.5) is 0 Å². The summed E-state index contributed by atoms with van der Waals surface area (Å²) >= 11 is 0. The van der Waals surface area contributed by atoms with Crippen LogP contribution in [0.5, 0.6) is 0 Å². The number of carbonyl (C=O) groups is 1. The van der Waals surface area contributed by atoms with Gasteiger partial charge < -0.3 is 9.64 Å². The standard InChI is InChI=1S/C22H33N3O4S/c1-18-5-2-3-11-25(18)30(27,28)21-9-7-19(8-10-21)22(26)24-14-12-23(13-15-24)17-20-6-4-16-29-20/h7-10,18,20H,2-6,11-17H2,1H3. The van der Waals surface area contributed by atoms with Crippen LogP contribution in [0.2, 0.25) is 0 Å². The predicted molar refractivity (Wildman–Crippen MR) is 115 cm³/mol. The predicted octanol–water partition coefficient (Wildman–Crippen LogP) is 2.19. The molecular formula is C22H33N3O4S. The van der Waals surface area contributed by atoms with Gasteiger partial charge in [0.15, 0.2) is 0 Å². The zero-order valence-corrected chi connectivity index (χ0v) is 18.6. The number of sulfonamides is 1. The molecular weight excluding hydrogens is 402 g/mol. The molecule has 1 aromatic carbocycles. The second-order valence-electron chi connectivity index (χ2n) is 8.71. The number of hydrogen-bond donors (Lipinski definition) is 0. The Balaban J connectivity index is 1.35. The van der Waals surface area contributed by atoms with Gasteiger partial charge in [-0.1, -0.05) is 6.42 Å². The van der Waals surface area contributed by atoms with Gasteiger partial charge in [0, 0.05) is 57.5 Å². The normalized spacial score (nSPS) is 26.8. The van der Waals surface area contributed by atoms with Gasteiger partial charge in [0.1, 0.15) is 0 Å². The van der Waals surface area contributed by atoms with Crippen molar-refractivity contribution in [2.45, 2.75) is 56.1 Å². The van der Waals surface area contributed by atoms with Crippen molar-refractivity contribution in [1.82, 2.24) is 14.1 Å². The molecule has 3 saturated heterocycles. The van der Waals surface area contributed by atoms with E-state index in [1.807, 2.05) is 11.8 Å². The number of piperidine rings is 1. The molecule has 3 fully saturated rings. The largest absolute Gasteiger partial charge is 0.377 e. The first-order valence-electron chi connectivity index (χ1n) is 11.2. The summed E-state index contributed by atoms with van der Waals surface area (Å²) in [7, 11) is -3.51. The van der Waals surface area contributed by atoms with E-state index in [9.17, 15) is 13.2 Å². The fraction of sp³-hybridized carbons (Fsp3) is 0.682. The van der Waals surface area contributed by atoms with Crippen LogP contribution in [0.25, 0.3) is 0 Å². The Morgan fingerprint density at radius 3 is 2.37 bits per heavy atom. The third-order valence-electron chi connectivity index (χ3n) is 6.60. The van der Waals surface area contributed by atoms with Crippen LogP contribution in [0.3, 0.4) is 0 Å². The summed E-state index contributed by atoms with van der Waals surface area (Å²) in [5.74, 6) is -0.0259. The van der Waals surface area contributed by atoms with Crippen molar-refractivity contribution < 1.29 is 17.9 Å². The second-order valence-corrected chi connectivity index (χ2v) is 10.6. The fourth-order valence-electron chi connectivity index (χ4n) is 4.73. The maximum Gasteiger partial charge on any atom is 0.253 e. The molecule has 0 saturated carbocycles. The lowest BCUT2D eigenvalue weighted by molar-refractivity contribution is 0.0432. The average molecular weight is 436 g/mol. The molecule has 2 atom stereocenters. The van der Waals surface area contributed by atoms with E-state index in [0.717, 1.165) is 58.3 Å². The van der Waals surface area contributed by atoms with Crippen LogP contribution in [-0.2, 0) is 14.8 Å². The van der Waals surface area contributed by atoms with Gasteiger partial charge in [-0.15, -0.1) is 0 Å². The Morgan fingerprint density at radius 1 is 1.00 bits per heavy atom. The van der Waals surface area contributed by atoms with E-state index in [2.05, 4.69) is 4.90 Å². The molecule has 3 heterocycles. The smallest absolute Gasteiger partial charge is 0.253 e. The molecule has 3 aliphatic rings. The zero-order valence-electron chi connectivity index (χ0n) is 17.8. The van der Waals surface area contributed by atoms with Crippen LogP contribution in [0, 0.1) is 0 Å². The molecule has 0 aliphatic carbocycles. The fourth-order valence-corrected chi connectivity index (χ4v) is 6.43. The molecule has 2 unspecified atom stereocenters. The number of carbonyl (C=O) groups excluding carboxylic acids is 1. The van der Waals surface area contributed by atoms with E-state index in [1.54, 1.807) is 28.6 Å². The van der Waals surface area contributed by atoms with Crippen molar-refractivity contribution in [2.75, 3.05) is 45.9 Å². The first kappa shape index (κ1) is 21.7. The Labute approximate surface area is 180 Å². The maximum atomic E-state index is 13.0. The number of hydrogen-bond acceptors (Lipinski definition) is 5. The first-order valence-corrected chi connectivity index (χ1v) is 12.6. The highest BCUT2D eigenvalue weighted by molar-refractivity contribution is 7.89. The van der Waals surface area contributed by atoms with Crippen molar-refractivity contribution in [3.05, 3.63) is 29.8 Å². The Kier molecular flexibility index (Phi) is 6.77. The molecule has 1 amide bonds. The maximum absolute atomic E-state index is 13.0. The van der Waals surface area contributed by atoms with E-state index >= 15 is 0 Å². The van der Waals surface area contributed by atoms with Crippen molar-refractivity contribution in [3.63, 3.8) is 0 Å². The summed E-state index contributed by atoms with van der Waals surface area (Å²) in [5, 5.41) is 0. The lowest BCUT2D eigenvalue weighted by Gasteiger charge is -2.35. The van der Waals surface area contributed by atoms with Gasteiger partial charge in [-0.2, -0.15) is 4.31 Å². The van der Waals surface area contributed by atoms with Gasteiger partial charge in [0.2, 0.25) is 10.0 Å². The van der Waals surface area contributed by atoms with E-state index in [4.69, 9.17) is 4.74 Å². The number of piperazine rings is 1. The average Bonchev–Trinajstić information content (AvgIpc) is 3.27. The van der Waals surface area contributed by atoms with E-state index in [-0.39, 0.29) is 16.8 Å². The van der Waals surface area contributed by atoms with E-state index in [0.29, 0.717) is 31.3 Å². The summed E-state index contributed by atoms with van der Waals surface area (Å²) in [4.78, 5) is 17.4. The minimum absolute atomic E-state index is 0.0241. The van der Waals surface area contributed by atoms with Crippen molar-refractivity contribution in [3.8, 4) is 0 Å². The van der Waals surface area contributed by atoms with Crippen LogP contribution >= 0.6 is 0 Å². The minimum Gasteiger partial charge on any atom is -0.377 e. The van der Waals surface area contributed by atoms with E-state index < -0.39 is 10.0 Å². The quantitative estimate of drug-likeness (QED) is 0.709. The number of nitrogens with zero attached hydrogens (tertiary/aromatic N) is 3. The lowest BCUT2D eigenvalue weighted by atomic mass is 10.1. The van der Waals surface area contributed by atoms with Gasteiger partial charge in [0.05, 0.1) is 11.0 Å². The van der Waals surface area contributed by atoms with Gasteiger partial charge in [-0.25, -0.2) is 8.42 Å². The molecule has 30 heavy (non-hydrogen) atoms.